The molecule has 5 nitrogen and oxygen atoms in total. The van der Waals surface area contributed by atoms with Crippen LogP contribution in [0.1, 0.15) is 37.5 Å². The second kappa shape index (κ2) is 5.49. The SMILES string of the molecule is Cc1cccc(COc2nn(C(C)(C)C)c(N)c2C#N)c1. The highest BCUT2D eigenvalue weighted by Crippen LogP contribution is 2.28. The summed E-state index contributed by atoms with van der Waals surface area (Å²) < 4.78 is 7.31. The van der Waals surface area contributed by atoms with Crippen molar-refractivity contribution in [3.8, 4) is 11.9 Å². The van der Waals surface area contributed by atoms with Gasteiger partial charge < -0.3 is 10.5 Å². The Hall–Kier alpha value is -2.48. The number of hydrogen-bond acceptors (Lipinski definition) is 4. The number of nitrogens with two attached hydrogens (primary N) is 1. The lowest BCUT2D eigenvalue weighted by atomic mass is 10.1. The van der Waals surface area contributed by atoms with Crippen molar-refractivity contribution < 1.29 is 4.74 Å². The summed E-state index contributed by atoms with van der Waals surface area (Å²) in [7, 11) is 0. The monoisotopic (exact) mass is 284 g/mol. The second-order valence-corrected chi connectivity index (χ2v) is 6.04. The maximum atomic E-state index is 9.26. The lowest BCUT2D eigenvalue weighted by molar-refractivity contribution is 0.276. The molecule has 0 unspecified atom stereocenters. The van der Waals surface area contributed by atoms with Crippen LogP contribution in [0.4, 0.5) is 5.82 Å². The van der Waals surface area contributed by atoms with Crippen LogP contribution in [0.3, 0.4) is 0 Å². The van der Waals surface area contributed by atoms with Crippen molar-refractivity contribution in [3.05, 3.63) is 41.0 Å². The van der Waals surface area contributed by atoms with Gasteiger partial charge in [0, 0.05) is 0 Å². The number of benzene rings is 1. The van der Waals surface area contributed by atoms with Crippen molar-refractivity contribution in [1.29, 1.82) is 5.26 Å². The van der Waals surface area contributed by atoms with E-state index in [1.807, 2.05) is 52.0 Å². The van der Waals surface area contributed by atoms with Gasteiger partial charge in [0.1, 0.15) is 18.5 Å². The number of aryl methyl sites for hydroxylation is 1. The Labute approximate surface area is 124 Å². The molecule has 0 saturated heterocycles. The van der Waals surface area contributed by atoms with E-state index >= 15 is 0 Å². The third kappa shape index (κ3) is 3.16. The number of nitrogens with zero attached hydrogens (tertiary/aromatic N) is 3. The smallest absolute Gasteiger partial charge is 0.253 e. The summed E-state index contributed by atoms with van der Waals surface area (Å²) in [4.78, 5) is 0. The van der Waals surface area contributed by atoms with Crippen LogP contribution in [0, 0.1) is 18.3 Å². The number of hydrogen-bond donors (Lipinski definition) is 1. The molecule has 2 N–H and O–H groups in total. The third-order valence-electron chi connectivity index (χ3n) is 3.09. The molecule has 0 amide bonds. The van der Waals surface area contributed by atoms with Gasteiger partial charge >= 0.3 is 0 Å². The molecule has 0 radical (unpaired) electrons. The predicted octanol–water partition coefficient (Wildman–Crippen LogP) is 2.98. The number of ether oxygens (including phenoxy) is 1. The molecule has 0 atom stereocenters. The van der Waals surface area contributed by atoms with Crippen molar-refractivity contribution in [2.24, 2.45) is 0 Å². The number of nitriles is 1. The maximum Gasteiger partial charge on any atom is 0.253 e. The van der Waals surface area contributed by atoms with E-state index in [0.717, 1.165) is 11.1 Å². The fourth-order valence-corrected chi connectivity index (χ4v) is 2.08. The summed E-state index contributed by atoms with van der Waals surface area (Å²) in [6, 6.07) is 10.1. The second-order valence-electron chi connectivity index (χ2n) is 6.04. The highest BCUT2D eigenvalue weighted by molar-refractivity contribution is 5.55. The Balaban J connectivity index is 2.27. The van der Waals surface area contributed by atoms with Crippen LogP contribution in [0.15, 0.2) is 24.3 Å². The van der Waals surface area contributed by atoms with Gasteiger partial charge in [0.25, 0.3) is 5.88 Å². The van der Waals surface area contributed by atoms with E-state index in [9.17, 15) is 5.26 Å². The lowest BCUT2D eigenvalue weighted by Gasteiger charge is -2.20. The van der Waals surface area contributed by atoms with E-state index in [2.05, 4.69) is 11.2 Å². The first kappa shape index (κ1) is 14.9. The minimum atomic E-state index is -0.305. The van der Waals surface area contributed by atoms with Gasteiger partial charge in [-0.25, -0.2) is 4.68 Å². The summed E-state index contributed by atoms with van der Waals surface area (Å²) in [6.07, 6.45) is 0. The predicted molar refractivity (Wildman–Crippen MR) is 81.9 cm³/mol. The van der Waals surface area contributed by atoms with E-state index in [1.54, 1.807) is 4.68 Å². The Morgan fingerprint density at radius 3 is 2.67 bits per heavy atom. The summed E-state index contributed by atoms with van der Waals surface area (Å²) in [5, 5.41) is 13.6. The highest BCUT2D eigenvalue weighted by atomic mass is 16.5. The summed E-state index contributed by atoms with van der Waals surface area (Å²) >= 11 is 0. The topological polar surface area (TPSA) is 76.9 Å². The number of aromatic nitrogens is 2. The largest absolute Gasteiger partial charge is 0.471 e. The molecule has 21 heavy (non-hydrogen) atoms. The molecular formula is C16H20N4O. The zero-order valence-electron chi connectivity index (χ0n) is 12.8. The standard InChI is InChI=1S/C16H20N4O/c1-11-6-5-7-12(8-11)10-21-15-13(9-17)14(18)20(19-15)16(2,3)4/h5-8H,10,18H2,1-4H3. The van der Waals surface area contributed by atoms with Gasteiger partial charge in [-0.05, 0) is 33.3 Å². The van der Waals surface area contributed by atoms with Gasteiger partial charge in [-0.1, -0.05) is 29.8 Å². The quantitative estimate of drug-likeness (QED) is 0.940. The van der Waals surface area contributed by atoms with Crippen LogP contribution < -0.4 is 10.5 Å². The van der Waals surface area contributed by atoms with Crippen LogP contribution in [-0.2, 0) is 12.1 Å². The molecule has 2 rings (SSSR count). The van der Waals surface area contributed by atoms with Gasteiger partial charge in [0.05, 0.1) is 5.54 Å². The molecular weight excluding hydrogens is 264 g/mol. The minimum Gasteiger partial charge on any atom is -0.471 e. The van der Waals surface area contributed by atoms with Crippen molar-refractivity contribution in [1.82, 2.24) is 9.78 Å². The van der Waals surface area contributed by atoms with Crippen LogP contribution in [0.5, 0.6) is 5.88 Å². The van der Waals surface area contributed by atoms with Gasteiger partial charge in [0.15, 0.2) is 5.56 Å². The maximum absolute atomic E-state index is 9.26. The minimum absolute atomic E-state index is 0.284. The van der Waals surface area contributed by atoms with Gasteiger partial charge in [-0.3, -0.25) is 0 Å². The van der Waals surface area contributed by atoms with Crippen LogP contribution >= 0.6 is 0 Å². The average molecular weight is 284 g/mol. The molecule has 2 aromatic rings. The Bertz CT molecular complexity index is 689. The molecule has 0 aliphatic rings. The van der Waals surface area contributed by atoms with Gasteiger partial charge in [-0.2, -0.15) is 5.26 Å². The Kier molecular flexibility index (Phi) is 3.90. The van der Waals surface area contributed by atoms with E-state index in [0.29, 0.717) is 12.4 Å². The molecule has 110 valence electrons. The fraction of sp³-hybridized carbons (Fsp3) is 0.375. The van der Waals surface area contributed by atoms with Gasteiger partial charge in [-0.15, -0.1) is 5.10 Å². The first-order valence-corrected chi connectivity index (χ1v) is 6.80. The molecule has 1 aromatic heterocycles. The highest BCUT2D eigenvalue weighted by Gasteiger charge is 2.24. The average Bonchev–Trinajstić information content (AvgIpc) is 2.72. The van der Waals surface area contributed by atoms with Crippen LogP contribution in [-0.4, -0.2) is 9.78 Å². The number of rotatable bonds is 3. The molecule has 1 heterocycles. The zero-order chi connectivity index (χ0) is 15.6. The van der Waals surface area contributed by atoms with E-state index in [4.69, 9.17) is 10.5 Å². The van der Waals surface area contributed by atoms with E-state index in [-0.39, 0.29) is 17.0 Å². The molecule has 0 fully saturated rings. The summed E-state index contributed by atoms with van der Waals surface area (Å²) in [5.74, 6) is 0.621. The fourth-order valence-electron chi connectivity index (χ4n) is 2.08. The van der Waals surface area contributed by atoms with E-state index < -0.39 is 0 Å². The molecule has 0 bridgehead atoms. The number of nitrogen functional groups attached to an aromatic ring is 1. The first-order valence-electron chi connectivity index (χ1n) is 6.80. The van der Waals surface area contributed by atoms with Gasteiger partial charge in [0.2, 0.25) is 0 Å². The summed E-state index contributed by atoms with van der Waals surface area (Å²) in [5.41, 5.74) is 8.17. The molecule has 0 spiro atoms. The molecule has 0 aliphatic heterocycles. The normalized spacial score (nSPS) is 11.2. The third-order valence-corrected chi connectivity index (χ3v) is 3.09. The Morgan fingerprint density at radius 2 is 2.10 bits per heavy atom. The molecule has 5 heteroatoms. The molecule has 0 saturated carbocycles. The van der Waals surface area contributed by atoms with Crippen molar-refractivity contribution >= 4 is 5.82 Å². The van der Waals surface area contributed by atoms with E-state index in [1.165, 1.54) is 0 Å². The first-order chi connectivity index (χ1) is 9.82. The molecule has 0 aliphatic carbocycles. The van der Waals surface area contributed by atoms with Crippen LogP contribution in [0.2, 0.25) is 0 Å². The van der Waals surface area contributed by atoms with Crippen LogP contribution in [0.25, 0.3) is 0 Å². The number of anilines is 1. The van der Waals surface area contributed by atoms with Crippen molar-refractivity contribution in [3.63, 3.8) is 0 Å². The Morgan fingerprint density at radius 1 is 1.38 bits per heavy atom. The summed E-state index contributed by atoms with van der Waals surface area (Å²) in [6.45, 7) is 8.30. The van der Waals surface area contributed by atoms with Crippen molar-refractivity contribution in [2.45, 2.75) is 39.8 Å². The zero-order valence-corrected chi connectivity index (χ0v) is 12.8. The lowest BCUT2D eigenvalue weighted by Crippen LogP contribution is -2.24. The van der Waals surface area contributed by atoms with Crippen molar-refractivity contribution in [2.75, 3.05) is 5.73 Å². The molecule has 1 aromatic carbocycles.